The average molecular weight is 219 g/mol. The van der Waals surface area contributed by atoms with Gasteiger partial charge in [0.05, 0.1) is 7.11 Å². The molecule has 0 aromatic heterocycles. The fraction of sp³-hybridized carbons (Fsp3) is 0.571. The van der Waals surface area contributed by atoms with Crippen molar-refractivity contribution in [2.24, 2.45) is 5.73 Å². The summed E-state index contributed by atoms with van der Waals surface area (Å²) in [5, 5.41) is 0. The van der Waals surface area contributed by atoms with E-state index in [0.29, 0.717) is 17.9 Å². The second-order valence-electron chi connectivity index (χ2n) is 5.08. The van der Waals surface area contributed by atoms with Crippen LogP contribution in [0.1, 0.15) is 49.7 Å². The predicted molar refractivity (Wildman–Crippen MR) is 67.0 cm³/mol. The molecule has 2 nitrogen and oxygen atoms in total. The molecule has 1 aliphatic carbocycles. The van der Waals surface area contributed by atoms with Crippen LogP contribution in [0.2, 0.25) is 0 Å². The zero-order valence-electron chi connectivity index (χ0n) is 10.4. The first-order valence-electron chi connectivity index (χ1n) is 6.05. The minimum atomic E-state index is 0.412. The lowest BCUT2D eigenvalue weighted by Gasteiger charge is -2.33. The summed E-state index contributed by atoms with van der Waals surface area (Å²) in [7, 11) is 1.74. The highest BCUT2D eigenvalue weighted by atomic mass is 16.5. The first-order chi connectivity index (χ1) is 7.61. The van der Waals surface area contributed by atoms with Crippen LogP contribution in [0, 0.1) is 0 Å². The highest BCUT2D eigenvalue weighted by Crippen LogP contribution is 2.38. The van der Waals surface area contributed by atoms with Gasteiger partial charge in [0.2, 0.25) is 0 Å². The number of nitrogens with two attached hydrogens (primary N) is 1. The first-order valence-corrected chi connectivity index (χ1v) is 6.05. The first kappa shape index (κ1) is 11.5. The van der Waals surface area contributed by atoms with E-state index in [-0.39, 0.29) is 0 Å². The Kier molecular flexibility index (Phi) is 3.20. The van der Waals surface area contributed by atoms with Gasteiger partial charge in [0.15, 0.2) is 0 Å². The van der Waals surface area contributed by atoms with Gasteiger partial charge in [0.1, 0.15) is 5.75 Å². The Morgan fingerprint density at radius 3 is 2.50 bits per heavy atom. The summed E-state index contributed by atoms with van der Waals surface area (Å²) < 4.78 is 5.39. The molecule has 0 bridgehead atoms. The third-order valence-electron chi connectivity index (χ3n) is 3.52. The van der Waals surface area contributed by atoms with Crippen molar-refractivity contribution in [3.63, 3.8) is 0 Å². The number of hydrogen-bond donors (Lipinski definition) is 1. The van der Waals surface area contributed by atoms with Crippen molar-refractivity contribution in [1.82, 2.24) is 0 Å². The molecule has 2 rings (SSSR count). The molecule has 2 heteroatoms. The summed E-state index contributed by atoms with van der Waals surface area (Å²) in [6.45, 7) is 4.41. The summed E-state index contributed by atoms with van der Waals surface area (Å²) >= 11 is 0. The molecule has 0 heterocycles. The Morgan fingerprint density at radius 1 is 1.31 bits per heavy atom. The lowest BCUT2D eigenvalue weighted by atomic mass is 9.75. The Labute approximate surface area is 97.8 Å². The molecular formula is C14H21NO. The third kappa shape index (κ3) is 2.07. The molecule has 0 amide bonds. The van der Waals surface area contributed by atoms with Crippen LogP contribution in [0.25, 0.3) is 0 Å². The van der Waals surface area contributed by atoms with E-state index in [1.165, 1.54) is 11.1 Å². The monoisotopic (exact) mass is 219 g/mol. The Balaban J connectivity index is 2.25. The van der Waals surface area contributed by atoms with Crippen LogP contribution in [0.3, 0.4) is 0 Å². The molecule has 0 unspecified atom stereocenters. The molecule has 0 radical (unpaired) electrons. The molecule has 1 fully saturated rings. The quantitative estimate of drug-likeness (QED) is 0.848. The number of benzene rings is 1. The number of ether oxygens (including phenoxy) is 1. The van der Waals surface area contributed by atoms with Crippen LogP contribution < -0.4 is 10.5 Å². The fourth-order valence-corrected chi connectivity index (χ4v) is 2.39. The van der Waals surface area contributed by atoms with Crippen molar-refractivity contribution in [2.45, 2.75) is 44.6 Å². The van der Waals surface area contributed by atoms with Crippen molar-refractivity contribution in [3.05, 3.63) is 29.3 Å². The zero-order valence-corrected chi connectivity index (χ0v) is 10.4. The van der Waals surface area contributed by atoms with E-state index in [2.05, 4.69) is 32.0 Å². The summed E-state index contributed by atoms with van der Waals surface area (Å²) in [5.41, 5.74) is 8.56. The fourth-order valence-electron chi connectivity index (χ4n) is 2.39. The average Bonchev–Trinajstić information content (AvgIpc) is 2.24. The van der Waals surface area contributed by atoms with Gasteiger partial charge in [-0.25, -0.2) is 0 Å². The largest absolute Gasteiger partial charge is 0.496 e. The van der Waals surface area contributed by atoms with Crippen LogP contribution in [-0.2, 0) is 0 Å². The number of rotatable bonds is 3. The van der Waals surface area contributed by atoms with Gasteiger partial charge < -0.3 is 10.5 Å². The maximum Gasteiger partial charge on any atom is 0.122 e. The van der Waals surface area contributed by atoms with Crippen LogP contribution in [-0.4, -0.2) is 13.2 Å². The predicted octanol–water partition coefficient (Wildman–Crippen LogP) is 3.02. The topological polar surface area (TPSA) is 35.2 Å². The molecule has 16 heavy (non-hydrogen) atoms. The van der Waals surface area contributed by atoms with Gasteiger partial charge >= 0.3 is 0 Å². The second-order valence-corrected chi connectivity index (χ2v) is 5.08. The summed E-state index contributed by atoms with van der Waals surface area (Å²) in [5.74, 6) is 2.17. The van der Waals surface area contributed by atoms with Crippen LogP contribution in [0.5, 0.6) is 5.75 Å². The van der Waals surface area contributed by atoms with E-state index >= 15 is 0 Å². The lowest BCUT2D eigenvalue weighted by molar-refractivity contribution is 0.350. The molecule has 2 N–H and O–H groups in total. The van der Waals surface area contributed by atoms with E-state index in [9.17, 15) is 0 Å². The molecule has 0 saturated heterocycles. The molecule has 1 saturated carbocycles. The zero-order chi connectivity index (χ0) is 11.7. The molecule has 1 aromatic carbocycles. The normalized spacial score (nSPS) is 24.3. The Hall–Kier alpha value is -1.02. The molecule has 0 atom stereocenters. The van der Waals surface area contributed by atoms with E-state index in [1.54, 1.807) is 7.11 Å². The van der Waals surface area contributed by atoms with Gasteiger partial charge in [-0.05, 0) is 41.9 Å². The van der Waals surface area contributed by atoms with E-state index < -0.39 is 0 Å². The SMILES string of the molecule is COc1ccc(C2CC(N)C2)cc1C(C)C. The van der Waals surface area contributed by atoms with E-state index in [4.69, 9.17) is 10.5 Å². The van der Waals surface area contributed by atoms with Crippen molar-refractivity contribution in [3.8, 4) is 5.75 Å². The van der Waals surface area contributed by atoms with Crippen molar-refractivity contribution in [2.75, 3.05) is 7.11 Å². The standard InChI is InChI=1S/C14H21NO/c1-9(2)13-8-10(4-5-14(13)16-3)11-6-12(15)7-11/h4-5,8-9,11-12H,6-7,15H2,1-3H3. The molecule has 1 aromatic rings. The van der Waals surface area contributed by atoms with Gasteiger partial charge in [-0.2, -0.15) is 0 Å². The Morgan fingerprint density at radius 2 is 2.00 bits per heavy atom. The van der Waals surface area contributed by atoms with Crippen molar-refractivity contribution < 1.29 is 4.74 Å². The maximum absolute atomic E-state index is 5.84. The smallest absolute Gasteiger partial charge is 0.122 e. The molecule has 0 aliphatic heterocycles. The molecule has 0 spiro atoms. The molecule has 88 valence electrons. The van der Waals surface area contributed by atoms with Gasteiger partial charge in [-0.1, -0.05) is 26.0 Å². The van der Waals surface area contributed by atoms with Crippen molar-refractivity contribution in [1.29, 1.82) is 0 Å². The maximum atomic E-state index is 5.84. The van der Waals surface area contributed by atoms with Gasteiger partial charge in [0.25, 0.3) is 0 Å². The minimum Gasteiger partial charge on any atom is -0.496 e. The van der Waals surface area contributed by atoms with Crippen LogP contribution in [0.4, 0.5) is 0 Å². The molecule has 1 aliphatic rings. The van der Waals surface area contributed by atoms with Gasteiger partial charge in [-0.3, -0.25) is 0 Å². The lowest BCUT2D eigenvalue weighted by Crippen LogP contribution is -2.34. The summed E-state index contributed by atoms with van der Waals surface area (Å²) in [6, 6.07) is 6.98. The summed E-state index contributed by atoms with van der Waals surface area (Å²) in [4.78, 5) is 0. The van der Waals surface area contributed by atoms with Crippen LogP contribution >= 0.6 is 0 Å². The second kappa shape index (κ2) is 4.46. The third-order valence-corrected chi connectivity index (χ3v) is 3.52. The number of hydrogen-bond acceptors (Lipinski definition) is 2. The van der Waals surface area contributed by atoms with E-state index in [0.717, 1.165) is 18.6 Å². The minimum absolute atomic E-state index is 0.412. The van der Waals surface area contributed by atoms with Crippen molar-refractivity contribution >= 4 is 0 Å². The Bertz CT molecular complexity index is 367. The highest BCUT2D eigenvalue weighted by Gasteiger charge is 2.27. The van der Waals surface area contributed by atoms with E-state index in [1.807, 2.05) is 0 Å². The van der Waals surface area contributed by atoms with Gasteiger partial charge in [-0.15, -0.1) is 0 Å². The summed E-state index contributed by atoms with van der Waals surface area (Å²) in [6.07, 6.45) is 2.26. The molecular weight excluding hydrogens is 198 g/mol. The van der Waals surface area contributed by atoms with Crippen LogP contribution in [0.15, 0.2) is 18.2 Å². The number of methoxy groups -OCH3 is 1. The highest BCUT2D eigenvalue weighted by molar-refractivity contribution is 5.41. The van der Waals surface area contributed by atoms with Gasteiger partial charge in [0, 0.05) is 6.04 Å².